The zero-order valence-corrected chi connectivity index (χ0v) is 11.2. The number of carboxylic acid groups (broad SMARTS) is 1. The summed E-state index contributed by atoms with van der Waals surface area (Å²) in [6.45, 7) is 1.87. The Morgan fingerprint density at radius 1 is 1.32 bits per heavy atom. The molecule has 104 valence electrons. The topological polar surface area (TPSA) is 53.7 Å². The summed E-state index contributed by atoms with van der Waals surface area (Å²) in [5.41, 5.74) is 0.257. The number of aromatic carboxylic acids is 1. The predicted octanol–water partition coefficient (Wildman–Crippen LogP) is 3.13. The van der Waals surface area contributed by atoms with Crippen LogP contribution in [-0.4, -0.2) is 28.6 Å². The minimum atomic E-state index is -0.913. The fourth-order valence-electron chi connectivity index (χ4n) is 3.70. The summed E-state index contributed by atoms with van der Waals surface area (Å²) in [4.78, 5) is 13.4. The van der Waals surface area contributed by atoms with Crippen LogP contribution < -0.4 is 0 Å². The van der Waals surface area contributed by atoms with Gasteiger partial charge in [0.2, 0.25) is 0 Å². The van der Waals surface area contributed by atoms with Crippen LogP contribution in [0, 0.1) is 5.92 Å². The number of rotatable bonds is 3. The maximum absolute atomic E-state index is 10.9. The summed E-state index contributed by atoms with van der Waals surface area (Å²) >= 11 is 0. The third kappa shape index (κ3) is 2.68. The van der Waals surface area contributed by atoms with E-state index in [2.05, 4.69) is 4.90 Å². The second kappa shape index (κ2) is 5.37. The van der Waals surface area contributed by atoms with Gasteiger partial charge in [-0.05, 0) is 44.2 Å². The molecule has 0 radical (unpaired) electrons. The standard InChI is InChI=1S/C15H21NO3/c17-15(18)12-8-13(19-10-12)9-16-7-3-5-11-4-1-2-6-14(11)16/h8,10-11,14H,1-7,9H2,(H,17,18). The van der Waals surface area contributed by atoms with Crippen LogP contribution in [0.25, 0.3) is 0 Å². The van der Waals surface area contributed by atoms with Gasteiger partial charge in [-0.2, -0.15) is 0 Å². The lowest BCUT2D eigenvalue weighted by molar-refractivity contribution is 0.0495. The zero-order chi connectivity index (χ0) is 13.2. The average molecular weight is 263 g/mol. The summed E-state index contributed by atoms with van der Waals surface area (Å²) in [6, 6.07) is 2.34. The number of carboxylic acids is 1. The van der Waals surface area contributed by atoms with Crippen molar-refractivity contribution in [2.75, 3.05) is 6.54 Å². The molecule has 1 aromatic rings. The van der Waals surface area contributed by atoms with Crippen molar-refractivity contribution in [2.24, 2.45) is 5.92 Å². The fraction of sp³-hybridized carbons (Fsp3) is 0.667. The molecule has 4 nitrogen and oxygen atoms in total. The number of nitrogens with zero attached hydrogens (tertiary/aromatic N) is 1. The molecule has 0 aromatic carbocycles. The molecule has 2 aliphatic rings. The lowest BCUT2D eigenvalue weighted by Crippen LogP contribution is -2.46. The Morgan fingerprint density at radius 2 is 2.11 bits per heavy atom. The van der Waals surface area contributed by atoms with Gasteiger partial charge >= 0.3 is 5.97 Å². The SMILES string of the molecule is O=C(O)c1coc(CN2CCCC3CCCCC32)c1. The predicted molar refractivity (Wildman–Crippen MR) is 71.1 cm³/mol. The van der Waals surface area contributed by atoms with Crippen LogP contribution in [0.2, 0.25) is 0 Å². The van der Waals surface area contributed by atoms with Crippen molar-refractivity contribution in [3.05, 3.63) is 23.7 Å². The average Bonchev–Trinajstić information content (AvgIpc) is 2.88. The first-order chi connectivity index (χ1) is 9.24. The number of likely N-dealkylation sites (tertiary alicyclic amines) is 1. The van der Waals surface area contributed by atoms with Crippen molar-refractivity contribution < 1.29 is 14.3 Å². The van der Waals surface area contributed by atoms with E-state index in [0.717, 1.165) is 24.8 Å². The molecule has 1 aliphatic carbocycles. The van der Waals surface area contributed by atoms with Crippen LogP contribution in [0.4, 0.5) is 0 Å². The Labute approximate surface area is 113 Å². The fourth-order valence-corrected chi connectivity index (χ4v) is 3.70. The lowest BCUT2D eigenvalue weighted by atomic mass is 9.78. The van der Waals surface area contributed by atoms with Gasteiger partial charge in [-0.1, -0.05) is 12.8 Å². The van der Waals surface area contributed by atoms with E-state index in [9.17, 15) is 4.79 Å². The first kappa shape index (κ1) is 12.7. The molecule has 0 bridgehead atoms. The maximum atomic E-state index is 10.9. The van der Waals surface area contributed by atoms with E-state index in [1.54, 1.807) is 6.07 Å². The summed E-state index contributed by atoms with van der Waals surface area (Å²) in [6.07, 6.45) is 9.32. The van der Waals surface area contributed by atoms with Crippen molar-refractivity contribution >= 4 is 5.97 Å². The second-order valence-corrected chi connectivity index (χ2v) is 5.83. The maximum Gasteiger partial charge on any atom is 0.338 e. The first-order valence-corrected chi connectivity index (χ1v) is 7.29. The van der Waals surface area contributed by atoms with Gasteiger partial charge in [0.05, 0.1) is 12.1 Å². The second-order valence-electron chi connectivity index (χ2n) is 5.83. The Balaban J connectivity index is 1.68. The van der Waals surface area contributed by atoms with Gasteiger partial charge < -0.3 is 9.52 Å². The number of furan rings is 1. The van der Waals surface area contributed by atoms with E-state index < -0.39 is 5.97 Å². The third-order valence-corrected chi connectivity index (χ3v) is 4.62. The monoisotopic (exact) mass is 263 g/mol. The molecule has 2 unspecified atom stereocenters. The van der Waals surface area contributed by atoms with Gasteiger partial charge in [-0.15, -0.1) is 0 Å². The molecule has 1 aromatic heterocycles. The minimum Gasteiger partial charge on any atom is -0.478 e. The molecule has 2 fully saturated rings. The molecule has 0 spiro atoms. The molecule has 0 amide bonds. The molecule has 1 N–H and O–H groups in total. The van der Waals surface area contributed by atoms with Crippen molar-refractivity contribution in [1.29, 1.82) is 0 Å². The Bertz CT molecular complexity index is 452. The van der Waals surface area contributed by atoms with E-state index >= 15 is 0 Å². The van der Waals surface area contributed by atoms with Crippen molar-refractivity contribution in [3.8, 4) is 0 Å². The zero-order valence-electron chi connectivity index (χ0n) is 11.2. The summed E-state index contributed by atoms with van der Waals surface area (Å²) in [7, 11) is 0. The van der Waals surface area contributed by atoms with Crippen molar-refractivity contribution in [3.63, 3.8) is 0 Å². The number of hydrogen-bond donors (Lipinski definition) is 1. The van der Waals surface area contributed by atoms with Gasteiger partial charge in [-0.25, -0.2) is 4.79 Å². The molecule has 19 heavy (non-hydrogen) atoms. The van der Waals surface area contributed by atoms with Crippen LogP contribution >= 0.6 is 0 Å². The smallest absolute Gasteiger partial charge is 0.338 e. The first-order valence-electron chi connectivity index (χ1n) is 7.29. The van der Waals surface area contributed by atoms with Crippen LogP contribution in [0.1, 0.15) is 54.6 Å². The summed E-state index contributed by atoms with van der Waals surface area (Å²) < 4.78 is 5.39. The van der Waals surface area contributed by atoms with Crippen molar-refractivity contribution in [1.82, 2.24) is 4.90 Å². The molecular formula is C15H21NO3. The van der Waals surface area contributed by atoms with E-state index in [0.29, 0.717) is 6.04 Å². The van der Waals surface area contributed by atoms with Crippen LogP contribution in [-0.2, 0) is 6.54 Å². The number of fused-ring (bicyclic) bond motifs is 1. The molecule has 2 atom stereocenters. The van der Waals surface area contributed by atoms with E-state index in [-0.39, 0.29) is 5.56 Å². The summed E-state index contributed by atoms with van der Waals surface area (Å²) in [5.74, 6) is 0.712. The van der Waals surface area contributed by atoms with Gasteiger partial charge in [0.25, 0.3) is 0 Å². The van der Waals surface area contributed by atoms with Gasteiger partial charge in [0.1, 0.15) is 12.0 Å². The van der Waals surface area contributed by atoms with E-state index in [1.165, 1.54) is 44.8 Å². The molecule has 1 saturated carbocycles. The van der Waals surface area contributed by atoms with Gasteiger partial charge in [0.15, 0.2) is 0 Å². The normalized spacial score (nSPS) is 28.0. The highest BCUT2D eigenvalue weighted by Gasteiger charge is 2.33. The highest BCUT2D eigenvalue weighted by Crippen LogP contribution is 2.36. The van der Waals surface area contributed by atoms with Gasteiger partial charge in [0, 0.05) is 6.04 Å². The lowest BCUT2D eigenvalue weighted by Gasteiger charge is -2.43. The number of piperidine rings is 1. The van der Waals surface area contributed by atoms with Crippen LogP contribution in [0.3, 0.4) is 0 Å². The summed E-state index contributed by atoms with van der Waals surface area (Å²) in [5, 5.41) is 8.92. The highest BCUT2D eigenvalue weighted by molar-refractivity contribution is 5.87. The molecule has 1 aliphatic heterocycles. The van der Waals surface area contributed by atoms with Crippen LogP contribution in [0.5, 0.6) is 0 Å². The van der Waals surface area contributed by atoms with Crippen LogP contribution in [0.15, 0.2) is 16.7 Å². The molecular weight excluding hydrogens is 242 g/mol. The van der Waals surface area contributed by atoms with E-state index in [1.807, 2.05) is 0 Å². The minimum absolute atomic E-state index is 0.257. The van der Waals surface area contributed by atoms with Crippen molar-refractivity contribution in [2.45, 2.75) is 51.1 Å². The number of carbonyl (C=O) groups is 1. The Morgan fingerprint density at radius 3 is 2.89 bits per heavy atom. The highest BCUT2D eigenvalue weighted by atomic mass is 16.4. The van der Waals surface area contributed by atoms with Gasteiger partial charge in [-0.3, -0.25) is 4.90 Å². The van der Waals surface area contributed by atoms with E-state index in [4.69, 9.17) is 9.52 Å². The Hall–Kier alpha value is -1.29. The molecule has 1 saturated heterocycles. The Kier molecular flexibility index (Phi) is 3.60. The molecule has 4 heteroatoms. The molecule has 3 rings (SSSR count). The third-order valence-electron chi connectivity index (χ3n) is 4.62. The quantitative estimate of drug-likeness (QED) is 0.910. The number of hydrogen-bond acceptors (Lipinski definition) is 3. The largest absolute Gasteiger partial charge is 0.478 e. The molecule has 2 heterocycles.